The van der Waals surface area contributed by atoms with Crippen LogP contribution in [0.4, 0.5) is 0 Å². The van der Waals surface area contributed by atoms with Gasteiger partial charge in [-0.25, -0.2) is 4.98 Å². The lowest BCUT2D eigenvalue weighted by molar-refractivity contribution is 0.477. The fraction of sp³-hybridized carbons (Fsp3) is 0.318. The van der Waals surface area contributed by atoms with Crippen LogP contribution in [0.1, 0.15) is 90.1 Å². The molecule has 0 saturated carbocycles. The number of benzene rings is 4. The Labute approximate surface area is 286 Å². The topological polar surface area (TPSA) is 50.9 Å². The summed E-state index contributed by atoms with van der Waals surface area (Å²) in [6, 6.07) is 29.7. The maximum absolute atomic E-state index is 11.2. The molecule has 0 unspecified atom stereocenters. The monoisotopic (exact) mass is 635 g/mol. The standard InChI is InChI=1S/C44H49N3O/c1-27-20-28(2)22-30(21-27)47-38-24-29(42(3,4)5)23-33(40(38)46-41(47)31-16-12-13-18-39(31)48)32-25-34(37-17-14-15-19-45-37)36(44(9,10)11)26-35(32)43(6,7)8/h12-26,48H,1-11H3. The van der Waals surface area contributed by atoms with E-state index in [1.54, 1.807) is 6.07 Å². The number of imidazole rings is 1. The van der Waals surface area contributed by atoms with Crippen molar-refractivity contribution in [2.24, 2.45) is 0 Å². The van der Waals surface area contributed by atoms with Gasteiger partial charge in [0, 0.05) is 23.0 Å². The first-order valence-electron chi connectivity index (χ1n) is 17.0. The number of aromatic nitrogens is 3. The van der Waals surface area contributed by atoms with Gasteiger partial charge in [0.1, 0.15) is 11.6 Å². The summed E-state index contributed by atoms with van der Waals surface area (Å²) in [5, 5.41) is 11.2. The molecule has 0 bridgehead atoms. The normalized spacial score (nSPS) is 12.6. The average molecular weight is 636 g/mol. The Morgan fingerprint density at radius 1 is 0.583 bits per heavy atom. The molecule has 2 aromatic heterocycles. The molecular formula is C44H49N3O. The van der Waals surface area contributed by atoms with Crippen LogP contribution >= 0.6 is 0 Å². The van der Waals surface area contributed by atoms with Crippen molar-refractivity contribution in [3.63, 3.8) is 0 Å². The second kappa shape index (κ2) is 11.8. The highest BCUT2D eigenvalue weighted by atomic mass is 16.3. The molecular weight excluding hydrogens is 587 g/mol. The van der Waals surface area contributed by atoms with E-state index in [2.05, 4.69) is 135 Å². The summed E-state index contributed by atoms with van der Waals surface area (Å²) in [5.41, 5.74) is 13.7. The number of aromatic hydroxyl groups is 1. The summed E-state index contributed by atoms with van der Waals surface area (Å²) in [5.74, 6) is 0.923. The summed E-state index contributed by atoms with van der Waals surface area (Å²) in [7, 11) is 0. The molecule has 0 aliphatic carbocycles. The third kappa shape index (κ3) is 6.17. The Bertz CT molecular complexity index is 2130. The van der Waals surface area contributed by atoms with Crippen LogP contribution in [-0.2, 0) is 16.2 Å². The van der Waals surface area contributed by atoms with E-state index >= 15 is 0 Å². The molecule has 0 radical (unpaired) electrons. The van der Waals surface area contributed by atoms with Crippen molar-refractivity contribution in [3.8, 4) is 45.2 Å². The number of fused-ring (bicyclic) bond motifs is 1. The molecule has 2 heterocycles. The number of phenolic OH excluding ortho intramolecular Hbond substituents is 1. The number of nitrogens with zero attached hydrogens (tertiary/aromatic N) is 3. The minimum atomic E-state index is -0.154. The summed E-state index contributed by atoms with van der Waals surface area (Å²) in [6.45, 7) is 24.8. The number of aryl methyl sites for hydroxylation is 2. The van der Waals surface area contributed by atoms with Gasteiger partial charge in [-0.1, -0.05) is 92.6 Å². The van der Waals surface area contributed by atoms with Gasteiger partial charge in [-0.05, 0) is 118 Å². The lowest BCUT2D eigenvalue weighted by atomic mass is 9.74. The lowest BCUT2D eigenvalue weighted by Gasteiger charge is -2.30. The number of hydrogen-bond acceptors (Lipinski definition) is 3. The third-order valence-electron chi connectivity index (χ3n) is 9.24. The number of rotatable bonds is 4. The van der Waals surface area contributed by atoms with Crippen LogP contribution < -0.4 is 0 Å². The second-order valence-electron chi connectivity index (χ2n) is 16.4. The number of phenols is 1. The molecule has 246 valence electrons. The minimum Gasteiger partial charge on any atom is -0.507 e. The molecule has 0 aliphatic heterocycles. The van der Waals surface area contributed by atoms with Gasteiger partial charge in [0.25, 0.3) is 0 Å². The summed E-state index contributed by atoms with van der Waals surface area (Å²) in [4.78, 5) is 10.3. The summed E-state index contributed by atoms with van der Waals surface area (Å²) < 4.78 is 2.24. The molecule has 1 N–H and O–H groups in total. The van der Waals surface area contributed by atoms with Crippen molar-refractivity contribution < 1.29 is 5.11 Å². The minimum absolute atomic E-state index is 0.101. The quantitative estimate of drug-likeness (QED) is 0.210. The van der Waals surface area contributed by atoms with Gasteiger partial charge in [-0.2, -0.15) is 0 Å². The molecule has 4 nitrogen and oxygen atoms in total. The zero-order chi connectivity index (χ0) is 34.8. The predicted molar refractivity (Wildman–Crippen MR) is 202 cm³/mol. The largest absolute Gasteiger partial charge is 0.507 e. The van der Waals surface area contributed by atoms with Crippen molar-refractivity contribution in [2.75, 3.05) is 0 Å². The Hall–Kier alpha value is -4.70. The van der Waals surface area contributed by atoms with E-state index in [1.807, 2.05) is 30.5 Å². The van der Waals surface area contributed by atoms with E-state index < -0.39 is 0 Å². The zero-order valence-electron chi connectivity index (χ0n) is 30.4. The van der Waals surface area contributed by atoms with Crippen LogP contribution in [0.3, 0.4) is 0 Å². The fourth-order valence-corrected chi connectivity index (χ4v) is 6.80. The Morgan fingerprint density at radius 3 is 1.79 bits per heavy atom. The molecule has 0 aliphatic rings. The maximum Gasteiger partial charge on any atom is 0.149 e. The molecule has 4 aromatic carbocycles. The van der Waals surface area contributed by atoms with Crippen molar-refractivity contribution in [3.05, 3.63) is 119 Å². The van der Waals surface area contributed by atoms with Gasteiger partial charge in [0.15, 0.2) is 0 Å². The van der Waals surface area contributed by atoms with Crippen molar-refractivity contribution >= 4 is 11.0 Å². The molecule has 48 heavy (non-hydrogen) atoms. The van der Waals surface area contributed by atoms with Gasteiger partial charge in [0.05, 0.1) is 22.3 Å². The van der Waals surface area contributed by atoms with E-state index in [1.165, 1.54) is 27.8 Å². The highest BCUT2D eigenvalue weighted by molar-refractivity contribution is 5.98. The molecule has 6 rings (SSSR count). The predicted octanol–water partition coefficient (Wildman–Crippen LogP) is 11.6. The van der Waals surface area contributed by atoms with Gasteiger partial charge in [-0.15, -0.1) is 0 Å². The van der Waals surface area contributed by atoms with Crippen LogP contribution in [0.5, 0.6) is 5.75 Å². The molecule has 0 atom stereocenters. The molecule has 0 amide bonds. The summed E-state index contributed by atoms with van der Waals surface area (Å²) in [6.07, 6.45) is 1.88. The van der Waals surface area contributed by atoms with Gasteiger partial charge < -0.3 is 5.11 Å². The van der Waals surface area contributed by atoms with Crippen LogP contribution in [0.15, 0.2) is 91.1 Å². The molecule has 0 fully saturated rings. The first kappa shape index (κ1) is 33.2. The van der Waals surface area contributed by atoms with Gasteiger partial charge in [-0.3, -0.25) is 9.55 Å². The van der Waals surface area contributed by atoms with Crippen LogP contribution in [0.2, 0.25) is 0 Å². The highest BCUT2D eigenvalue weighted by Gasteiger charge is 2.30. The SMILES string of the molecule is Cc1cc(C)cc(-n2c(-c3ccccc3O)nc3c(-c4cc(-c5ccccn5)c(C(C)(C)C)cc4C(C)(C)C)cc(C(C)(C)C)cc32)c1. The zero-order valence-corrected chi connectivity index (χ0v) is 30.4. The molecule has 0 spiro atoms. The number of hydrogen-bond donors (Lipinski definition) is 1. The Kier molecular flexibility index (Phi) is 8.14. The fourth-order valence-electron chi connectivity index (χ4n) is 6.80. The molecule has 6 aromatic rings. The number of pyridine rings is 1. The Morgan fingerprint density at radius 2 is 1.21 bits per heavy atom. The van der Waals surface area contributed by atoms with Crippen molar-refractivity contribution in [1.82, 2.24) is 14.5 Å². The van der Waals surface area contributed by atoms with Crippen molar-refractivity contribution in [2.45, 2.75) is 92.4 Å². The molecule has 4 heteroatoms. The maximum atomic E-state index is 11.2. The van der Waals surface area contributed by atoms with Crippen molar-refractivity contribution in [1.29, 1.82) is 0 Å². The van der Waals surface area contributed by atoms with Gasteiger partial charge >= 0.3 is 0 Å². The van der Waals surface area contributed by atoms with E-state index in [4.69, 9.17) is 9.97 Å². The van der Waals surface area contributed by atoms with Crippen LogP contribution in [0.25, 0.3) is 50.5 Å². The first-order chi connectivity index (χ1) is 22.4. The van der Waals surface area contributed by atoms with E-state index in [-0.39, 0.29) is 22.0 Å². The first-order valence-corrected chi connectivity index (χ1v) is 17.0. The highest BCUT2D eigenvalue weighted by Crippen LogP contribution is 2.46. The third-order valence-corrected chi connectivity index (χ3v) is 9.24. The van der Waals surface area contributed by atoms with E-state index in [0.717, 1.165) is 39.1 Å². The average Bonchev–Trinajstić information content (AvgIpc) is 3.38. The van der Waals surface area contributed by atoms with Crippen LogP contribution in [-0.4, -0.2) is 19.6 Å². The Balaban J connectivity index is 1.83. The smallest absolute Gasteiger partial charge is 0.149 e. The summed E-state index contributed by atoms with van der Waals surface area (Å²) >= 11 is 0. The van der Waals surface area contributed by atoms with E-state index in [9.17, 15) is 5.11 Å². The second-order valence-corrected chi connectivity index (χ2v) is 16.4. The van der Waals surface area contributed by atoms with Crippen LogP contribution in [0, 0.1) is 13.8 Å². The molecule has 0 saturated heterocycles. The van der Waals surface area contributed by atoms with Gasteiger partial charge in [0.2, 0.25) is 0 Å². The number of para-hydroxylation sites is 1. The van der Waals surface area contributed by atoms with E-state index in [0.29, 0.717) is 11.4 Å². The lowest BCUT2D eigenvalue weighted by Crippen LogP contribution is -2.19.